The quantitative estimate of drug-likeness (QED) is 0.557. The maximum atomic E-state index is 9.76. The zero-order valence-electron chi connectivity index (χ0n) is 15.3. The van der Waals surface area contributed by atoms with Crippen molar-refractivity contribution in [3.05, 3.63) is 89.9 Å². The van der Waals surface area contributed by atoms with Gasteiger partial charge in [-0.1, -0.05) is 17.0 Å². The summed E-state index contributed by atoms with van der Waals surface area (Å²) in [6, 6.07) is 13.5. The first kappa shape index (κ1) is 17.7. The zero-order chi connectivity index (χ0) is 19.3. The van der Waals surface area contributed by atoms with Crippen LogP contribution >= 0.6 is 0 Å². The van der Waals surface area contributed by atoms with E-state index in [0.29, 0.717) is 18.1 Å². The van der Waals surface area contributed by atoms with E-state index >= 15 is 0 Å². The molecule has 1 N–H and O–H groups in total. The summed E-state index contributed by atoms with van der Waals surface area (Å²) < 4.78 is 7.33. The fourth-order valence-electron chi connectivity index (χ4n) is 2.82. The molecule has 0 aliphatic rings. The predicted molar refractivity (Wildman–Crippen MR) is 104 cm³/mol. The second kappa shape index (κ2) is 7.91. The second-order valence-electron chi connectivity index (χ2n) is 6.34. The topological polar surface area (TPSA) is 77.0 Å². The number of aliphatic hydroxyl groups excluding tert-OH is 1. The predicted octanol–water partition coefficient (Wildman–Crippen LogP) is 3.43. The van der Waals surface area contributed by atoms with Crippen LogP contribution in [0, 0.1) is 11.8 Å². The highest BCUT2D eigenvalue weighted by molar-refractivity contribution is 5.59. The summed E-state index contributed by atoms with van der Waals surface area (Å²) in [4.78, 5) is 8.22. The lowest BCUT2D eigenvalue weighted by molar-refractivity contribution is 0.184. The fourth-order valence-corrected chi connectivity index (χ4v) is 2.82. The molecular weight excluding hydrogens is 352 g/mol. The molecule has 0 saturated heterocycles. The van der Waals surface area contributed by atoms with E-state index in [9.17, 15) is 5.11 Å². The molecule has 0 aliphatic heterocycles. The van der Waals surface area contributed by atoms with E-state index in [1.54, 1.807) is 25.5 Å². The number of aliphatic hydroxyl groups is 1. The highest BCUT2D eigenvalue weighted by Gasteiger charge is 2.12. The van der Waals surface area contributed by atoms with Gasteiger partial charge in [0.25, 0.3) is 0 Å². The molecule has 4 rings (SSSR count). The average Bonchev–Trinajstić information content (AvgIpc) is 3.38. The molecule has 0 saturated carbocycles. The standard InChI is InChI=1S/C22H18N4O2/c1-16(27)22-24-11-12-26(22)15-20-13-21(28-25-20)19-8-6-17(7-9-19)4-5-18-3-2-10-23-14-18/h2-3,6-14,16,27H,15H2,1H3/t16-/m0/s1. The van der Waals surface area contributed by atoms with Crippen molar-refractivity contribution in [1.29, 1.82) is 0 Å². The molecule has 4 aromatic rings. The summed E-state index contributed by atoms with van der Waals surface area (Å²) in [5.74, 6) is 7.49. The van der Waals surface area contributed by atoms with Gasteiger partial charge in [0.15, 0.2) is 5.76 Å². The van der Waals surface area contributed by atoms with Gasteiger partial charge in [0, 0.05) is 47.5 Å². The van der Waals surface area contributed by atoms with Gasteiger partial charge in [0.2, 0.25) is 0 Å². The summed E-state index contributed by atoms with van der Waals surface area (Å²) in [6.07, 6.45) is 6.30. The Labute approximate surface area is 162 Å². The molecule has 0 spiro atoms. The van der Waals surface area contributed by atoms with Crippen molar-refractivity contribution in [3.8, 4) is 23.2 Å². The number of rotatable bonds is 4. The largest absolute Gasteiger partial charge is 0.385 e. The van der Waals surface area contributed by atoms with Gasteiger partial charge < -0.3 is 14.2 Å². The Balaban J connectivity index is 1.48. The molecule has 6 heteroatoms. The monoisotopic (exact) mass is 370 g/mol. The Morgan fingerprint density at radius 1 is 1.11 bits per heavy atom. The van der Waals surface area contributed by atoms with Gasteiger partial charge in [-0.05, 0) is 43.3 Å². The molecule has 0 unspecified atom stereocenters. The zero-order valence-corrected chi connectivity index (χ0v) is 15.3. The van der Waals surface area contributed by atoms with Gasteiger partial charge in [-0.15, -0.1) is 0 Å². The minimum atomic E-state index is -0.637. The summed E-state index contributed by atoms with van der Waals surface area (Å²) in [5.41, 5.74) is 3.47. The first-order valence-corrected chi connectivity index (χ1v) is 8.86. The molecule has 6 nitrogen and oxygen atoms in total. The minimum Gasteiger partial charge on any atom is -0.385 e. The molecule has 0 radical (unpaired) electrons. The number of imidazole rings is 1. The number of hydrogen-bond donors (Lipinski definition) is 1. The lowest BCUT2D eigenvalue weighted by Crippen LogP contribution is -2.07. The van der Waals surface area contributed by atoms with E-state index in [1.165, 1.54) is 0 Å². The molecule has 0 amide bonds. The maximum absolute atomic E-state index is 9.76. The first-order valence-electron chi connectivity index (χ1n) is 8.86. The molecule has 0 aliphatic carbocycles. The number of hydrogen-bond acceptors (Lipinski definition) is 5. The Bertz CT molecular complexity index is 1120. The lowest BCUT2D eigenvalue weighted by atomic mass is 10.1. The molecule has 138 valence electrons. The molecule has 3 aromatic heterocycles. The molecule has 0 fully saturated rings. The Morgan fingerprint density at radius 2 is 1.93 bits per heavy atom. The van der Waals surface area contributed by atoms with Crippen molar-refractivity contribution in [3.63, 3.8) is 0 Å². The van der Waals surface area contributed by atoms with Crippen LogP contribution in [0.4, 0.5) is 0 Å². The third-order valence-electron chi connectivity index (χ3n) is 4.19. The van der Waals surface area contributed by atoms with Crippen molar-refractivity contribution < 1.29 is 9.63 Å². The van der Waals surface area contributed by atoms with Gasteiger partial charge in [-0.25, -0.2) is 4.98 Å². The van der Waals surface area contributed by atoms with Crippen molar-refractivity contribution in [2.75, 3.05) is 0 Å². The molecule has 28 heavy (non-hydrogen) atoms. The van der Waals surface area contributed by atoms with Crippen LogP contribution in [0.2, 0.25) is 0 Å². The van der Waals surface area contributed by atoms with Crippen LogP contribution in [0.15, 0.2) is 71.8 Å². The highest BCUT2D eigenvalue weighted by atomic mass is 16.5. The molecular formula is C22H18N4O2. The molecule has 0 bridgehead atoms. The molecule has 3 heterocycles. The van der Waals surface area contributed by atoms with Crippen molar-refractivity contribution in [2.24, 2.45) is 0 Å². The average molecular weight is 370 g/mol. The Kier molecular flexibility index (Phi) is 5.00. The van der Waals surface area contributed by atoms with E-state index in [4.69, 9.17) is 4.52 Å². The van der Waals surface area contributed by atoms with Crippen LogP contribution in [0.3, 0.4) is 0 Å². The fraction of sp³-hybridized carbons (Fsp3) is 0.136. The number of aromatic nitrogens is 4. The van der Waals surface area contributed by atoms with Gasteiger partial charge >= 0.3 is 0 Å². The number of pyridine rings is 1. The van der Waals surface area contributed by atoms with E-state index < -0.39 is 6.10 Å². The van der Waals surface area contributed by atoms with Gasteiger partial charge in [0.1, 0.15) is 17.6 Å². The SMILES string of the molecule is C[C@H](O)c1nccn1Cc1cc(-c2ccc(C#Cc3cccnc3)cc2)on1. The van der Waals surface area contributed by atoms with Crippen LogP contribution in [0.25, 0.3) is 11.3 Å². The van der Waals surface area contributed by atoms with Crippen LogP contribution in [0.5, 0.6) is 0 Å². The summed E-state index contributed by atoms with van der Waals surface area (Å²) >= 11 is 0. The van der Waals surface area contributed by atoms with Crippen LogP contribution in [-0.2, 0) is 6.54 Å². The third-order valence-corrected chi connectivity index (χ3v) is 4.19. The Hall–Kier alpha value is -3.69. The van der Waals surface area contributed by atoms with Gasteiger partial charge in [-0.3, -0.25) is 4.98 Å². The lowest BCUT2D eigenvalue weighted by Gasteiger charge is -2.07. The van der Waals surface area contributed by atoms with Crippen molar-refractivity contribution in [2.45, 2.75) is 19.6 Å². The van der Waals surface area contributed by atoms with E-state index in [0.717, 1.165) is 22.4 Å². The molecule has 1 atom stereocenters. The number of nitrogens with zero attached hydrogens (tertiary/aromatic N) is 4. The summed E-state index contributed by atoms with van der Waals surface area (Å²) in [5, 5.41) is 13.9. The second-order valence-corrected chi connectivity index (χ2v) is 6.34. The van der Waals surface area contributed by atoms with Gasteiger partial charge in [-0.2, -0.15) is 0 Å². The van der Waals surface area contributed by atoms with E-state index in [-0.39, 0.29) is 0 Å². The van der Waals surface area contributed by atoms with Crippen LogP contribution in [0.1, 0.15) is 35.7 Å². The first-order chi connectivity index (χ1) is 13.7. The maximum Gasteiger partial charge on any atom is 0.167 e. The van der Waals surface area contributed by atoms with E-state index in [1.807, 2.05) is 53.2 Å². The highest BCUT2D eigenvalue weighted by Crippen LogP contribution is 2.22. The minimum absolute atomic E-state index is 0.485. The van der Waals surface area contributed by atoms with E-state index in [2.05, 4.69) is 27.0 Å². The van der Waals surface area contributed by atoms with Crippen LogP contribution < -0.4 is 0 Å². The van der Waals surface area contributed by atoms with Crippen molar-refractivity contribution >= 4 is 0 Å². The van der Waals surface area contributed by atoms with Crippen LogP contribution in [-0.4, -0.2) is 24.8 Å². The normalized spacial score (nSPS) is 11.6. The Morgan fingerprint density at radius 3 is 2.68 bits per heavy atom. The smallest absolute Gasteiger partial charge is 0.167 e. The van der Waals surface area contributed by atoms with Gasteiger partial charge in [0.05, 0.1) is 6.54 Å². The van der Waals surface area contributed by atoms with Crippen molar-refractivity contribution in [1.82, 2.24) is 19.7 Å². The summed E-state index contributed by atoms with van der Waals surface area (Å²) in [7, 11) is 0. The summed E-state index contributed by atoms with van der Waals surface area (Å²) in [6.45, 7) is 2.17. The molecule has 1 aromatic carbocycles. The number of benzene rings is 1. The third kappa shape index (κ3) is 4.00.